The van der Waals surface area contributed by atoms with Gasteiger partial charge in [0.2, 0.25) is 5.75 Å². The van der Waals surface area contributed by atoms with Crippen molar-refractivity contribution in [2.24, 2.45) is 0 Å². The number of methoxy groups -OCH3 is 1. The molecular weight excluding hydrogens is 584 g/mol. The van der Waals surface area contributed by atoms with Crippen LogP contribution in [0.15, 0.2) is 54.6 Å². The zero-order valence-corrected chi connectivity index (χ0v) is 22.8. The molecule has 0 radical (unpaired) electrons. The van der Waals surface area contributed by atoms with Gasteiger partial charge in [0.25, 0.3) is 0 Å². The molecule has 0 saturated carbocycles. The standard InChI is InChI=1S/C30H28O14/c1-41-21-6-12(2-3-16(21)32)30-29(40)28(39)25-17(33)9-15(10-22(25)44-30)42-11-24(13-4-18(34)26(37)19(35)5-13)43-23-8-14(31)7-20(36)27(23)38/h2-10,24,28-40H,11H2,1H3. The molecule has 4 atom stereocenters. The maximum absolute atomic E-state index is 10.8. The first-order valence-corrected chi connectivity index (χ1v) is 12.9. The van der Waals surface area contributed by atoms with Crippen LogP contribution >= 0.6 is 0 Å². The van der Waals surface area contributed by atoms with E-state index in [0.717, 1.165) is 30.3 Å². The molecule has 1 aliphatic heterocycles. The average Bonchev–Trinajstić information content (AvgIpc) is 2.98. The van der Waals surface area contributed by atoms with E-state index in [-0.39, 0.29) is 34.1 Å². The highest BCUT2D eigenvalue weighted by Crippen LogP contribution is 2.48. The smallest absolute Gasteiger partial charge is 0.200 e. The van der Waals surface area contributed by atoms with Crippen LogP contribution in [0.5, 0.6) is 69.0 Å². The number of hydrogen-bond acceptors (Lipinski definition) is 14. The first-order chi connectivity index (χ1) is 20.9. The predicted octanol–water partition coefficient (Wildman–Crippen LogP) is 3.07. The fraction of sp³-hybridized carbons (Fsp3) is 0.200. The number of ether oxygens (including phenoxy) is 4. The van der Waals surface area contributed by atoms with Crippen molar-refractivity contribution in [2.75, 3.05) is 13.7 Å². The summed E-state index contributed by atoms with van der Waals surface area (Å²) >= 11 is 0. The third kappa shape index (κ3) is 5.58. The van der Waals surface area contributed by atoms with Gasteiger partial charge in [-0.25, -0.2) is 0 Å². The Labute approximate surface area is 248 Å². The molecule has 1 aliphatic rings. The topological polar surface area (TPSA) is 239 Å². The van der Waals surface area contributed by atoms with Gasteiger partial charge in [-0.3, -0.25) is 0 Å². The highest BCUT2D eigenvalue weighted by Gasteiger charge is 2.40. The SMILES string of the molecule is COc1cc(C2Oc3cc(OCC(Oc4cc(O)cc(O)c4O)c4cc(O)c(O)c(O)c4)cc(O)c3C(O)C2O)ccc1O. The maximum Gasteiger partial charge on any atom is 0.200 e. The lowest BCUT2D eigenvalue weighted by Gasteiger charge is -2.35. The molecule has 5 rings (SSSR count). The van der Waals surface area contributed by atoms with Crippen LogP contribution in [-0.4, -0.2) is 70.9 Å². The molecule has 0 saturated heterocycles. The number of rotatable bonds is 8. The monoisotopic (exact) mass is 612 g/mol. The van der Waals surface area contributed by atoms with Gasteiger partial charge in [-0.2, -0.15) is 0 Å². The second-order valence-corrected chi connectivity index (χ2v) is 9.90. The fourth-order valence-corrected chi connectivity index (χ4v) is 4.75. The molecule has 0 bridgehead atoms. The lowest BCUT2D eigenvalue weighted by molar-refractivity contribution is -0.0711. The van der Waals surface area contributed by atoms with E-state index < -0.39 is 77.0 Å². The van der Waals surface area contributed by atoms with Crippen LogP contribution in [0.1, 0.15) is 35.0 Å². The minimum Gasteiger partial charge on any atom is -0.508 e. The fourth-order valence-electron chi connectivity index (χ4n) is 4.75. The van der Waals surface area contributed by atoms with E-state index in [9.17, 15) is 51.1 Å². The summed E-state index contributed by atoms with van der Waals surface area (Å²) in [7, 11) is 1.34. The number of phenolic OH excluding ortho intramolecular Hbond substituents is 8. The number of fused-ring (bicyclic) bond motifs is 1. The van der Waals surface area contributed by atoms with Gasteiger partial charge in [-0.1, -0.05) is 6.07 Å². The number of aliphatic hydroxyl groups is 2. The van der Waals surface area contributed by atoms with E-state index >= 15 is 0 Å². The largest absolute Gasteiger partial charge is 0.508 e. The Morgan fingerprint density at radius 1 is 0.727 bits per heavy atom. The van der Waals surface area contributed by atoms with Crippen LogP contribution in [0.3, 0.4) is 0 Å². The van der Waals surface area contributed by atoms with Gasteiger partial charge in [-0.15, -0.1) is 0 Å². The Kier molecular flexibility index (Phi) is 7.87. The van der Waals surface area contributed by atoms with Gasteiger partial charge < -0.3 is 70.0 Å². The van der Waals surface area contributed by atoms with Crippen molar-refractivity contribution in [3.8, 4) is 69.0 Å². The van der Waals surface area contributed by atoms with Gasteiger partial charge >= 0.3 is 0 Å². The molecule has 232 valence electrons. The van der Waals surface area contributed by atoms with E-state index in [4.69, 9.17) is 18.9 Å². The van der Waals surface area contributed by atoms with Crippen LogP contribution in [0.4, 0.5) is 0 Å². The summed E-state index contributed by atoms with van der Waals surface area (Å²) in [6.07, 6.45) is -5.54. The Balaban J connectivity index is 1.46. The number of aromatic hydroxyl groups is 8. The van der Waals surface area contributed by atoms with E-state index in [1.807, 2.05) is 0 Å². The molecular formula is C30H28O14. The Bertz CT molecular complexity index is 1680. The highest BCUT2D eigenvalue weighted by atomic mass is 16.5. The van der Waals surface area contributed by atoms with Gasteiger partial charge in [-0.05, 0) is 29.8 Å². The molecule has 0 aliphatic carbocycles. The van der Waals surface area contributed by atoms with E-state index in [0.29, 0.717) is 5.56 Å². The minimum absolute atomic E-state index is 0.0263. The Morgan fingerprint density at radius 2 is 1.41 bits per heavy atom. The van der Waals surface area contributed by atoms with Crippen molar-refractivity contribution >= 4 is 0 Å². The molecule has 4 unspecified atom stereocenters. The molecule has 44 heavy (non-hydrogen) atoms. The molecule has 10 N–H and O–H groups in total. The van der Waals surface area contributed by atoms with Crippen molar-refractivity contribution in [3.63, 3.8) is 0 Å². The summed E-state index contributed by atoms with van der Waals surface area (Å²) in [6.45, 7) is -0.457. The van der Waals surface area contributed by atoms with Crippen molar-refractivity contribution < 1.29 is 70.0 Å². The lowest BCUT2D eigenvalue weighted by Crippen LogP contribution is -2.34. The van der Waals surface area contributed by atoms with Gasteiger partial charge in [0.15, 0.2) is 52.5 Å². The number of benzene rings is 4. The zero-order valence-electron chi connectivity index (χ0n) is 22.8. The third-order valence-electron chi connectivity index (χ3n) is 6.98. The van der Waals surface area contributed by atoms with Gasteiger partial charge in [0, 0.05) is 29.8 Å². The number of phenols is 8. The molecule has 1 heterocycles. The number of hydrogen-bond donors (Lipinski definition) is 10. The van der Waals surface area contributed by atoms with Crippen molar-refractivity contribution in [1.82, 2.24) is 0 Å². The third-order valence-corrected chi connectivity index (χ3v) is 6.98. The molecule has 0 spiro atoms. The van der Waals surface area contributed by atoms with Crippen molar-refractivity contribution in [2.45, 2.75) is 24.4 Å². The molecule has 14 heteroatoms. The summed E-state index contributed by atoms with van der Waals surface area (Å²) in [5, 5.41) is 102. The van der Waals surface area contributed by atoms with Crippen LogP contribution in [0.2, 0.25) is 0 Å². The highest BCUT2D eigenvalue weighted by molar-refractivity contribution is 5.56. The predicted molar refractivity (Wildman–Crippen MR) is 149 cm³/mol. The second-order valence-electron chi connectivity index (χ2n) is 9.90. The van der Waals surface area contributed by atoms with Gasteiger partial charge in [0.05, 0.1) is 12.7 Å². The molecule has 0 fully saturated rings. The lowest BCUT2D eigenvalue weighted by atomic mass is 9.91. The van der Waals surface area contributed by atoms with Crippen LogP contribution in [0.25, 0.3) is 0 Å². The average molecular weight is 613 g/mol. The van der Waals surface area contributed by atoms with Crippen LogP contribution < -0.4 is 18.9 Å². The minimum atomic E-state index is -1.59. The van der Waals surface area contributed by atoms with Crippen molar-refractivity contribution in [3.05, 3.63) is 71.3 Å². The molecule has 0 aromatic heterocycles. The number of aliphatic hydroxyl groups excluding tert-OH is 2. The Hall–Kier alpha value is -5.60. The quantitative estimate of drug-likeness (QED) is 0.102. The van der Waals surface area contributed by atoms with Crippen LogP contribution in [0, 0.1) is 0 Å². The first-order valence-electron chi connectivity index (χ1n) is 12.9. The normalized spacial score (nSPS) is 18.1. The first kappa shape index (κ1) is 29.9. The van der Waals surface area contributed by atoms with E-state index in [2.05, 4.69) is 0 Å². The van der Waals surface area contributed by atoms with E-state index in [1.54, 1.807) is 0 Å². The maximum atomic E-state index is 10.8. The molecule has 4 aromatic rings. The zero-order chi connectivity index (χ0) is 31.9. The Morgan fingerprint density at radius 3 is 2.09 bits per heavy atom. The molecule has 4 aromatic carbocycles. The summed E-state index contributed by atoms with van der Waals surface area (Å²) in [6, 6.07) is 10.6. The van der Waals surface area contributed by atoms with Crippen molar-refractivity contribution in [1.29, 1.82) is 0 Å². The summed E-state index contributed by atoms with van der Waals surface area (Å²) < 4.78 is 22.6. The summed E-state index contributed by atoms with van der Waals surface area (Å²) in [5.74, 6) is -5.13. The summed E-state index contributed by atoms with van der Waals surface area (Å²) in [4.78, 5) is 0. The second kappa shape index (κ2) is 11.6. The molecule has 14 nitrogen and oxygen atoms in total. The summed E-state index contributed by atoms with van der Waals surface area (Å²) in [5.41, 5.74) is 0.253. The van der Waals surface area contributed by atoms with E-state index in [1.165, 1.54) is 31.4 Å². The van der Waals surface area contributed by atoms with Gasteiger partial charge in [0.1, 0.15) is 41.8 Å². The molecule has 0 amide bonds. The van der Waals surface area contributed by atoms with Crippen LogP contribution in [-0.2, 0) is 0 Å².